The van der Waals surface area contributed by atoms with Crippen LogP contribution >= 0.6 is 0 Å². The van der Waals surface area contributed by atoms with Gasteiger partial charge in [0.2, 0.25) is 0 Å². The van der Waals surface area contributed by atoms with Crippen LogP contribution in [0.25, 0.3) is 0 Å². The number of aryl methyl sites for hydroxylation is 1. The van der Waals surface area contributed by atoms with Crippen molar-refractivity contribution < 1.29 is 17.9 Å². The van der Waals surface area contributed by atoms with Gasteiger partial charge in [0.25, 0.3) is 0 Å². The molecule has 0 amide bonds. The highest BCUT2D eigenvalue weighted by Gasteiger charge is 2.27. The average Bonchev–Trinajstić information content (AvgIpc) is 2.63. The molecule has 0 atom stereocenters. The maximum absolute atomic E-state index is 11.7. The molecule has 1 aromatic heterocycles. The van der Waals surface area contributed by atoms with Crippen LogP contribution in [-0.4, -0.2) is 28.9 Å². The number of nitrogens with two attached hydrogens (primary N) is 1. The second-order valence-electron chi connectivity index (χ2n) is 3.26. The van der Waals surface area contributed by atoms with E-state index in [0.717, 1.165) is 5.82 Å². The van der Waals surface area contributed by atoms with E-state index in [9.17, 15) is 13.2 Å². The topological polar surface area (TPSA) is 53.1 Å². The SMILES string of the molecule is NCc1nccn1CCCOCC(F)(F)F. The third kappa shape index (κ3) is 4.63. The molecule has 0 unspecified atom stereocenters. The van der Waals surface area contributed by atoms with E-state index in [-0.39, 0.29) is 6.61 Å². The number of imidazole rings is 1. The van der Waals surface area contributed by atoms with Gasteiger partial charge >= 0.3 is 6.18 Å². The summed E-state index contributed by atoms with van der Waals surface area (Å²) in [5.41, 5.74) is 5.42. The lowest BCUT2D eigenvalue weighted by Crippen LogP contribution is -2.18. The van der Waals surface area contributed by atoms with Crippen LogP contribution in [0.4, 0.5) is 13.2 Å². The van der Waals surface area contributed by atoms with Crippen molar-refractivity contribution in [2.75, 3.05) is 13.2 Å². The number of hydrogen-bond acceptors (Lipinski definition) is 3. The van der Waals surface area contributed by atoms with Crippen molar-refractivity contribution in [2.24, 2.45) is 5.73 Å². The quantitative estimate of drug-likeness (QED) is 0.759. The van der Waals surface area contributed by atoms with Crippen LogP contribution in [0.15, 0.2) is 12.4 Å². The number of rotatable bonds is 6. The van der Waals surface area contributed by atoms with Crippen LogP contribution < -0.4 is 5.73 Å². The number of halogens is 3. The first-order valence-corrected chi connectivity index (χ1v) is 4.87. The normalized spacial score (nSPS) is 12.0. The van der Waals surface area contributed by atoms with E-state index >= 15 is 0 Å². The minimum atomic E-state index is -4.25. The Hall–Kier alpha value is -1.08. The first-order chi connectivity index (χ1) is 7.53. The molecule has 0 spiro atoms. The predicted octanol–water partition coefficient (Wildman–Crippen LogP) is 1.31. The molecule has 92 valence electrons. The van der Waals surface area contributed by atoms with Crippen LogP contribution in [0.1, 0.15) is 12.2 Å². The summed E-state index contributed by atoms with van der Waals surface area (Å²) in [6, 6.07) is 0. The van der Waals surface area contributed by atoms with Crippen molar-refractivity contribution in [3.8, 4) is 0 Å². The summed E-state index contributed by atoms with van der Waals surface area (Å²) in [5.74, 6) is 0.718. The van der Waals surface area contributed by atoms with Gasteiger partial charge in [-0.1, -0.05) is 0 Å². The molecular formula is C9H14F3N3O. The van der Waals surface area contributed by atoms with Crippen LogP contribution in [-0.2, 0) is 17.8 Å². The molecule has 2 N–H and O–H groups in total. The lowest BCUT2D eigenvalue weighted by molar-refractivity contribution is -0.174. The van der Waals surface area contributed by atoms with Gasteiger partial charge in [-0.3, -0.25) is 0 Å². The van der Waals surface area contributed by atoms with Gasteiger partial charge in [-0.15, -0.1) is 0 Å². The van der Waals surface area contributed by atoms with Crippen LogP contribution in [0, 0.1) is 0 Å². The molecule has 0 aliphatic rings. The Morgan fingerprint density at radius 2 is 2.19 bits per heavy atom. The third-order valence-corrected chi connectivity index (χ3v) is 1.94. The second-order valence-corrected chi connectivity index (χ2v) is 3.26. The number of alkyl halides is 3. The Morgan fingerprint density at radius 1 is 1.44 bits per heavy atom. The second kappa shape index (κ2) is 5.86. The Kier molecular flexibility index (Phi) is 4.75. The molecule has 0 aliphatic carbocycles. The van der Waals surface area contributed by atoms with Crippen LogP contribution in [0.2, 0.25) is 0 Å². The standard InChI is InChI=1S/C9H14F3N3O/c10-9(11,12)7-16-5-1-3-15-4-2-14-8(15)6-13/h2,4H,1,3,5-7,13H2. The highest BCUT2D eigenvalue weighted by Crippen LogP contribution is 2.14. The van der Waals surface area contributed by atoms with E-state index in [0.29, 0.717) is 19.5 Å². The average molecular weight is 237 g/mol. The summed E-state index contributed by atoms with van der Waals surface area (Å²) in [5, 5.41) is 0. The fourth-order valence-electron chi connectivity index (χ4n) is 1.26. The molecule has 0 bridgehead atoms. The summed E-state index contributed by atoms with van der Waals surface area (Å²) in [6.45, 7) is -0.247. The van der Waals surface area contributed by atoms with Crippen molar-refractivity contribution in [3.63, 3.8) is 0 Å². The number of nitrogens with zero attached hydrogens (tertiary/aromatic N) is 2. The van der Waals surface area contributed by atoms with Gasteiger partial charge in [0.1, 0.15) is 12.4 Å². The van der Waals surface area contributed by atoms with Gasteiger partial charge in [0, 0.05) is 25.5 Å². The van der Waals surface area contributed by atoms with E-state index in [1.165, 1.54) is 0 Å². The Bertz CT molecular complexity index is 311. The summed E-state index contributed by atoms with van der Waals surface area (Å²) < 4.78 is 41.4. The lowest BCUT2D eigenvalue weighted by atomic mass is 10.4. The zero-order valence-corrected chi connectivity index (χ0v) is 8.70. The Labute approximate surface area is 91.2 Å². The lowest BCUT2D eigenvalue weighted by Gasteiger charge is -2.08. The van der Waals surface area contributed by atoms with Crippen molar-refractivity contribution >= 4 is 0 Å². The van der Waals surface area contributed by atoms with Gasteiger partial charge in [0.05, 0.1) is 6.54 Å². The number of aromatic nitrogens is 2. The number of ether oxygens (including phenoxy) is 1. The third-order valence-electron chi connectivity index (χ3n) is 1.94. The minimum Gasteiger partial charge on any atom is -0.372 e. The van der Waals surface area contributed by atoms with Gasteiger partial charge in [-0.2, -0.15) is 13.2 Å². The largest absolute Gasteiger partial charge is 0.411 e. The molecule has 16 heavy (non-hydrogen) atoms. The van der Waals surface area contributed by atoms with E-state index in [1.807, 2.05) is 0 Å². The maximum atomic E-state index is 11.7. The van der Waals surface area contributed by atoms with Crippen molar-refractivity contribution in [2.45, 2.75) is 25.7 Å². The first-order valence-electron chi connectivity index (χ1n) is 4.87. The fourth-order valence-corrected chi connectivity index (χ4v) is 1.26. The van der Waals surface area contributed by atoms with Crippen LogP contribution in [0.3, 0.4) is 0 Å². The molecule has 0 saturated heterocycles. The molecule has 7 heteroatoms. The molecular weight excluding hydrogens is 223 g/mol. The summed E-state index contributed by atoms with van der Waals surface area (Å²) in [4.78, 5) is 3.99. The molecule has 0 radical (unpaired) electrons. The first kappa shape index (κ1) is 13.0. The maximum Gasteiger partial charge on any atom is 0.411 e. The van der Waals surface area contributed by atoms with E-state index in [1.54, 1.807) is 17.0 Å². The molecule has 0 saturated carbocycles. The molecule has 0 aliphatic heterocycles. The molecule has 0 aromatic carbocycles. The Morgan fingerprint density at radius 3 is 2.81 bits per heavy atom. The zero-order valence-electron chi connectivity index (χ0n) is 8.70. The van der Waals surface area contributed by atoms with Crippen molar-refractivity contribution in [1.29, 1.82) is 0 Å². The molecule has 4 nitrogen and oxygen atoms in total. The van der Waals surface area contributed by atoms with E-state index in [2.05, 4.69) is 9.72 Å². The summed E-state index contributed by atoms with van der Waals surface area (Å²) >= 11 is 0. The highest BCUT2D eigenvalue weighted by atomic mass is 19.4. The monoisotopic (exact) mass is 237 g/mol. The van der Waals surface area contributed by atoms with Crippen molar-refractivity contribution in [3.05, 3.63) is 18.2 Å². The molecule has 1 rings (SSSR count). The van der Waals surface area contributed by atoms with E-state index < -0.39 is 12.8 Å². The summed E-state index contributed by atoms with van der Waals surface area (Å²) in [7, 11) is 0. The molecule has 0 fully saturated rings. The van der Waals surface area contributed by atoms with E-state index in [4.69, 9.17) is 5.73 Å². The predicted molar refractivity (Wildman–Crippen MR) is 51.6 cm³/mol. The highest BCUT2D eigenvalue weighted by molar-refractivity contribution is 4.90. The minimum absolute atomic E-state index is 0.0711. The number of hydrogen-bond donors (Lipinski definition) is 1. The van der Waals surface area contributed by atoms with Crippen molar-refractivity contribution in [1.82, 2.24) is 9.55 Å². The molecule has 1 heterocycles. The smallest absolute Gasteiger partial charge is 0.372 e. The fraction of sp³-hybridized carbons (Fsp3) is 0.667. The Balaban J connectivity index is 2.16. The van der Waals surface area contributed by atoms with Gasteiger partial charge in [0.15, 0.2) is 0 Å². The van der Waals surface area contributed by atoms with Crippen LogP contribution in [0.5, 0.6) is 0 Å². The summed E-state index contributed by atoms with van der Waals surface area (Å²) in [6.07, 6.45) is -0.401. The van der Waals surface area contributed by atoms with Gasteiger partial charge in [-0.05, 0) is 6.42 Å². The molecule has 1 aromatic rings. The van der Waals surface area contributed by atoms with Gasteiger partial charge < -0.3 is 15.0 Å². The van der Waals surface area contributed by atoms with Gasteiger partial charge in [-0.25, -0.2) is 4.98 Å². The zero-order chi connectivity index (χ0) is 12.0.